The molecule has 0 aliphatic heterocycles. The maximum Gasteiger partial charge on any atom is 0.00965 e. The molecule has 2 aliphatic carbocycles. The normalized spacial score (nSPS) is 25.0. The van der Waals surface area contributed by atoms with Crippen LogP contribution in [0.4, 0.5) is 0 Å². The standard InChI is InChI=1S/C13H26N2/c1-3-15(12-6-7-12)11-13(10-14-2)8-4-5-9-13/h12,14H,3-11H2,1-2H3. The van der Waals surface area contributed by atoms with Gasteiger partial charge in [0, 0.05) is 19.1 Å². The Balaban J connectivity index is 1.92. The molecule has 0 amide bonds. The molecule has 0 radical (unpaired) electrons. The van der Waals surface area contributed by atoms with Crippen molar-refractivity contribution in [2.45, 2.75) is 51.5 Å². The summed E-state index contributed by atoms with van der Waals surface area (Å²) in [5.74, 6) is 0. The molecule has 0 heterocycles. The molecular formula is C13H26N2. The summed E-state index contributed by atoms with van der Waals surface area (Å²) in [4.78, 5) is 2.72. The summed E-state index contributed by atoms with van der Waals surface area (Å²) in [5.41, 5.74) is 0.605. The van der Waals surface area contributed by atoms with Gasteiger partial charge in [0.1, 0.15) is 0 Å². The highest BCUT2D eigenvalue weighted by Gasteiger charge is 2.38. The van der Waals surface area contributed by atoms with Gasteiger partial charge in [-0.2, -0.15) is 0 Å². The third kappa shape index (κ3) is 2.73. The Morgan fingerprint density at radius 3 is 2.40 bits per heavy atom. The first-order chi connectivity index (χ1) is 7.29. The molecule has 1 N–H and O–H groups in total. The predicted molar refractivity (Wildman–Crippen MR) is 65.1 cm³/mol. The maximum atomic E-state index is 3.41. The van der Waals surface area contributed by atoms with Gasteiger partial charge >= 0.3 is 0 Å². The highest BCUT2D eigenvalue weighted by Crippen LogP contribution is 2.40. The fourth-order valence-electron chi connectivity index (χ4n) is 3.26. The number of rotatable bonds is 6. The van der Waals surface area contributed by atoms with Crippen molar-refractivity contribution in [2.24, 2.45) is 5.41 Å². The lowest BCUT2D eigenvalue weighted by Crippen LogP contribution is -2.42. The quantitative estimate of drug-likeness (QED) is 0.723. The first-order valence-corrected chi connectivity index (χ1v) is 6.68. The third-order valence-electron chi connectivity index (χ3n) is 4.22. The van der Waals surface area contributed by atoms with Crippen molar-refractivity contribution in [3.05, 3.63) is 0 Å². The van der Waals surface area contributed by atoms with Crippen molar-refractivity contribution in [1.29, 1.82) is 0 Å². The predicted octanol–water partition coefficient (Wildman–Crippen LogP) is 2.25. The van der Waals surface area contributed by atoms with Crippen LogP contribution in [-0.4, -0.2) is 37.6 Å². The molecule has 88 valence electrons. The van der Waals surface area contributed by atoms with Gasteiger partial charge in [-0.1, -0.05) is 19.8 Å². The summed E-state index contributed by atoms with van der Waals surface area (Å²) < 4.78 is 0. The van der Waals surface area contributed by atoms with E-state index in [-0.39, 0.29) is 0 Å². The largest absolute Gasteiger partial charge is 0.319 e. The van der Waals surface area contributed by atoms with Gasteiger partial charge in [-0.3, -0.25) is 0 Å². The zero-order chi connectivity index (χ0) is 10.7. The minimum Gasteiger partial charge on any atom is -0.319 e. The molecule has 15 heavy (non-hydrogen) atoms. The van der Waals surface area contributed by atoms with Crippen molar-refractivity contribution >= 4 is 0 Å². The highest BCUT2D eigenvalue weighted by molar-refractivity contribution is 4.93. The average Bonchev–Trinajstić information content (AvgIpc) is 2.98. The van der Waals surface area contributed by atoms with Crippen molar-refractivity contribution < 1.29 is 0 Å². The van der Waals surface area contributed by atoms with Crippen LogP contribution in [0.3, 0.4) is 0 Å². The van der Waals surface area contributed by atoms with Gasteiger partial charge in [0.15, 0.2) is 0 Å². The van der Waals surface area contributed by atoms with E-state index in [4.69, 9.17) is 0 Å². The smallest absolute Gasteiger partial charge is 0.00965 e. The zero-order valence-electron chi connectivity index (χ0n) is 10.4. The number of hydrogen-bond donors (Lipinski definition) is 1. The molecule has 0 bridgehead atoms. The molecule has 0 atom stereocenters. The van der Waals surface area contributed by atoms with E-state index in [9.17, 15) is 0 Å². The lowest BCUT2D eigenvalue weighted by atomic mass is 9.85. The van der Waals surface area contributed by atoms with E-state index in [2.05, 4.69) is 24.2 Å². The van der Waals surface area contributed by atoms with Crippen molar-refractivity contribution in [1.82, 2.24) is 10.2 Å². The Bertz CT molecular complexity index is 193. The lowest BCUT2D eigenvalue weighted by molar-refractivity contribution is 0.149. The van der Waals surface area contributed by atoms with Crippen molar-refractivity contribution in [2.75, 3.05) is 26.7 Å². The molecule has 2 rings (SSSR count). The van der Waals surface area contributed by atoms with Gasteiger partial charge < -0.3 is 10.2 Å². The van der Waals surface area contributed by atoms with Crippen LogP contribution < -0.4 is 5.32 Å². The van der Waals surface area contributed by atoms with E-state index in [1.165, 1.54) is 58.2 Å². The summed E-state index contributed by atoms with van der Waals surface area (Å²) in [6, 6.07) is 0.935. The Morgan fingerprint density at radius 2 is 1.93 bits per heavy atom. The molecular weight excluding hydrogens is 184 g/mol. The van der Waals surface area contributed by atoms with Crippen LogP contribution in [0.15, 0.2) is 0 Å². The fourth-order valence-corrected chi connectivity index (χ4v) is 3.26. The van der Waals surface area contributed by atoms with Crippen LogP contribution in [0.25, 0.3) is 0 Å². The minimum absolute atomic E-state index is 0.605. The molecule has 2 aliphatic rings. The number of hydrogen-bond acceptors (Lipinski definition) is 2. The van der Waals surface area contributed by atoms with Gasteiger partial charge in [-0.05, 0) is 44.7 Å². The molecule has 0 aromatic carbocycles. The molecule has 2 heteroatoms. The topological polar surface area (TPSA) is 15.3 Å². The van der Waals surface area contributed by atoms with Crippen LogP contribution >= 0.6 is 0 Å². The second-order valence-electron chi connectivity index (χ2n) is 5.53. The van der Waals surface area contributed by atoms with Crippen LogP contribution in [-0.2, 0) is 0 Å². The van der Waals surface area contributed by atoms with Crippen LogP contribution in [0.2, 0.25) is 0 Å². The average molecular weight is 210 g/mol. The van der Waals surface area contributed by atoms with E-state index in [0.717, 1.165) is 6.04 Å². The summed E-state index contributed by atoms with van der Waals surface area (Å²) in [6.45, 7) is 6.13. The fraction of sp³-hybridized carbons (Fsp3) is 1.00. The molecule has 2 fully saturated rings. The van der Waals surface area contributed by atoms with Gasteiger partial charge in [0.2, 0.25) is 0 Å². The third-order valence-corrected chi connectivity index (χ3v) is 4.22. The lowest BCUT2D eigenvalue weighted by Gasteiger charge is -2.35. The van der Waals surface area contributed by atoms with Crippen LogP contribution in [0.5, 0.6) is 0 Å². The molecule has 0 aromatic rings. The van der Waals surface area contributed by atoms with E-state index >= 15 is 0 Å². The first-order valence-electron chi connectivity index (χ1n) is 6.68. The maximum absolute atomic E-state index is 3.41. The van der Waals surface area contributed by atoms with E-state index in [0.29, 0.717) is 5.41 Å². The van der Waals surface area contributed by atoms with Crippen molar-refractivity contribution in [3.63, 3.8) is 0 Å². The summed E-state index contributed by atoms with van der Waals surface area (Å²) in [7, 11) is 2.10. The SMILES string of the molecule is CCN(CC1(CNC)CCCC1)C1CC1. The molecule has 0 aromatic heterocycles. The van der Waals surface area contributed by atoms with Gasteiger partial charge in [-0.15, -0.1) is 0 Å². The molecule has 2 nitrogen and oxygen atoms in total. The molecule has 0 saturated heterocycles. The minimum atomic E-state index is 0.605. The summed E-state index contributed by atoms with van der Waals surface area (Å²) in [5, 5.41) is 3.41. The van der Waals surface area contributed by atoms with E-state index < -0.39 is 0 Å². The Morgan fingerprint density at radius 1 is 1.27 bits per heavy atom. The molecule has 0 spiro atoms. The van der Waals surface area contributed by atoms with Gasteiger partial charge in [-0.25, -0.2) is 0 Å². The van der Waals surface area contributed by atoms with Crippen LogP contribution in [0, 0.1) is 5.41 Å². The van der Waals surface area contributed by atoms with E-state index in [1.807, 2.05) is 0 Å². The molecule has 0 unspecified atom stereocenters. The Labute approximate surface area is 94.4 Å². The van der Waals surface area contributed by atoms with E-state index in [1.54, 1.807) is 0 Å². The Hall–Kier alpha value is -0.0800. The second-order valence-corrected chi connectivity index (χ2v) is 5.53. The highest BCUT2D eigenvalue weighted by atomic mass is 15.2. The summed E-state index contributed by atoms with van der Waals surface area (Å²) >= 11 is 0. The Kier molecular flexibility index (Phi) is 3.68. The number of nitrogens with one attached hydrogen (secondary N) is 1. The first kappa shape index (κ1) is 11.4. The van der Waals surface area contributed by atoms with Crippen LogP contribution in [0.1, 0.15) is 45.4 Å². The monoisotopic (exact) mass is 210 g/mol. The molecule has 2 saturated carbocycles. The van der Waals surface area contributed by atoms with Crippen molar-refractivity contribution in [3.8, 4) is 0 Å². The van der Waals surface area contributed by atoms with Gasteiger partial charge in [0.25, 0.3) is 0 Å². The second kappa shape index (κ2) is 4.84. The number of nitrogens with zero attached hydrogens (tertiary/aromatic N) is 1. The van der Waals surface area contributed by atoms with Gasteiger partial charge in [0.05, 0.1) is 0 Å². The summed E-state index contributed by atoms with van der Waals surface area (Å²) in [6.07, 6.45) is 8.68. The zero-order valence-corrected chi connectivity index (χ0v) is 10.4.